The summed E-state index contributed by atoms with van der Waals surface area (Å²) in [6, 6.07) is 5.20. The Morgan fingerprint density at radius 3 is 2.32 bits per heavy atom. The van der Waals surface area contributed by atoms with Gasteiger partial charge in [-0.05, 0) is 31.0 Å². The predicted molar refractivity (Wildman–Crippen MR) is 100 cm³/mol. The summed E-state index contributed by atoms with van der Waals surface area (Å²) >= 11 is 5.97. The minimum Gasteiger partial charge on any atom is -0.466 e. The van der Waals surface area contributed by atoms with Gasteiger partial charge in [-0.2, -0.15) is 0 Å². The molecule has 0 aliphatic heterocycles. The second-order valence-corrected chi connectivity index (χ2v) is 6.66. The minimum absolute atomic E-state index is 0.0138. The van der Waals surface area contributed by atoms with Crippen molar-refractivity contribution < 1.29 is 19.1 Å². The highest BCUT2D eigenvalue weighted by molar-refractivity contribution is 6.32. The van der Waals surface area contributed by atoms with Crippen LogP contribution in [0.2, 0.25) is 5.02 Å². The van der Waals surface area contributed by atoms with Crippen molar-refractivity contribution >= 4 is 23.5 Å². The zero-order valence-corrected chi connectivity index (χ0v) is 16.1. The van der Waals surface area contributed by atoms with Crippen molar-refractivity contribution in [3.05, 3.63) is 28.8 Å². The van der Waals surface area contributed by atoms with E-state index in [4.69, 9.17) is 21.1 Å². The molecule has 0 aliphatic carbocycles. The van der Waals surface area contributed by atoms with Gasteiger partial charge in [-0.1, -0.05) is 63.1 Å². The van der Waals surface area contributed by atoms with Crippen molar-refractivity contribution in [2.75, 3.05) is 6.61 Å². The molecule has 0 bridgehead atoms. The van der Waals surface area contributed by atoms with E-state index in [9.17, 15) is 9.59 Å². The van der Waals surface area contributed by atoms with Crippen molar-refractivity contribution in [2.45, 2.75) is 71.6 Å². The Kier molecular flexibility index (Phi) is 11.0. The zero-order valence-electron chi connectivity index (χ0n) is 15.3. The molecule has 140 valence electrons. The molecule has 0 saturated heterocycles. The number of aryl methyl sites for hydroxylation is 1. The molecular formula is C20H29ClO4. The SMILES string of the molecule is CCCCCCCCCOC(=O)CCC(=O)Oc1cc(C)ccc1Cl. The highest BCUT2D eigenvalue weighted by Crippen LogP contribution is 2.25. The number of halogens is 1. The third kappa shape index (κ3) is 10.1. The third-order valence-electron chi connectivity index (χ3n) is 3.85. The summed E-state index contributed by atoms with van der Waals surface area (Å²) < 4.78 is 10.3. The van der Waals surface area contributed by atoms with Gasteiger partial charge in [0.15, 0.2) is 0 Å². The first kappa shape index (κ1) is 21.5. The summed E-state index contributed by atoms with van der Waals surface area (Å²) in [6.45, 7) is 4.50. The minimum atomic E-state index is -0.486. The highest BCUT2D eigenvalue weighted by atomic mass is 35.5. The van der Waals surface area contributed by atoms with Gasteiger partial charge in [-0.3, -0.25) is 9.59 Å². The van der Waals surface area contributed by atoms with Crippen LogP contribution in [-0.2, 0) is 14.3 Å². The lowest BCUT2D eigenvalue weighted by Crippen LogP contribution is -2.13. The Bertz CT molecular complexity index is 542. The maximum atomic E-state index is 11.8. The lowest BCUT2D eigenvalue weighted by Gasteiger charge is -2.07. The van der Waals surface area contributed by atoms with Crippen LogP contribution < -0.4 is 4.74 Å². The molecule has 0 amide bonds. The molecule has 0 heterocycles. The van der Waals surface area contributed by atoms with Crippen molar-refractivity contribution in [2.24, 2.45) is 0 Å². The fourth-order valence-electron chi connectivity index (χ4n) is 2.38. The van der Waals surface area contributed by atoms with E-state index in [1.54, 1.807) is 12.1 Å². The number of hydrogen-bond donors (Lipinski definition) is 0. The van der Waals surface area contributed by atoms with Crippen LogP contribution in [0, 0.1) is 6.92 Å². The summed E-state index contributed by atoms with van der Waals surface area (Å²) in [5, 5.41) is 0.375. The highest BCUT2D eigenvalue weighted by Gasteiger charge is 2.12. The molecule has 0 spiro atoms. The number of benzene rings is 1. The second kappa shape index (κ2) is 12.8. The number of hydrogen-bond acceptors (Lipinski definition) is 4. The number of carbonyl (C=O) groups excluding carboxylic acids is 2. The van der Waals surface area contributed by atoms with Gasteiger partial charge >= 0.3 is 11.9 Å². The van der Waals surface area contributed by atoms with E-state index < -0.39 is 5.97 Å². The maximum absolute atomic E-state index is 11.8. The van der Waals surface area contributed by atoms with Gasteiger partial charge in [0, 0.05) is 0 Å². The molecule has 0 atom stereocenters. The van der Waals surface area contributed by atoms with E-state index in [-0.39, 0.29) is 18.8 Å². The van der Waals surface area contributed by atoms with Gasteiger partial charge in [0.05, 0.1) is 24.5 Å². The number of ether oxygens (including phenoxy) is 2. The largest absolute Gasteiger partial charge is 0.466 e. The third-order valence-corrected chi connectivity index (χ3v) is 4.17. The molecule has 0 aromatic heterocycles. The van der Waals surface area contributed by atoms with E-state index in [1.807, 2.05) is 13.0 Å². The molecule has 1 aromatic rings. The molecule has 4 nitrogen and oxygen atoms in total. The summed E-state index contributed by atoms with van der Waals surface area (Å²) in [5.74, 6) is -0.526. The zero-order chi connectivity index (χ0) is 18.5. The molecule has 1 aromatic carbocycles. The van der Waals surface area contributed by atoms with Gasteiger partial charge < -0.3 is 9.47 Å². The maximum Gasteiger partial charge on any atom is 0.311 e. The summed E-state index contributed by atoms with van der Waals surface area (Å²) in [7, 11) is 0. The van der Waals surface area contributed by atoms with E-state index in [0.29, 0.717) is 17.4 Å². The monoisotopic (exact) mass is 368 g/mol. The van der Waals surface area contributed by atoms with Crippen molar-refractivity contribution in [3.8, 4) is 5.75 Å². The van der Waals surface area contributed by atoms with Crippen molar-refractivity contribution in [1.29, 1.82) is 0 Å². The predicted octanol–water partition coefficient (Wildman–Crippen LogP) is 5.63. The fraction of sp³-hybridized carbons (Fsp3) is 0.600. The van der Waals surface area contributed by atoms with Crippen molar-refractivity contribution in [1.82, 2.24) is 0 Å². The fourth-order valence-corrected chi connectivity index (χ4v) is 2.54. The van der Waals surface area contributed by atoms with E-state index in [2.05, 4.69) is 6.92 Å². The summed E-state index contributed by atoms with van der Waals surface area (Å²) in [5.41, 5.74) is 0.946. The number of carbonyl (C=O) groups is 2. The van der Waals surface area contributed by atoms with Crippen LogP contribution in [-0.4, -0.2) is 18.5 Å². The second-order valence-electron chi connectivity index (χ2n) is 6.25. The first-order valence-electron chi connectivity index (χ1n) is 9.15. The number of unbranched alkanes of at least 4 members (excludes halogenated alkanes) is 6. The molecule has 0 radical (unpaired) electrons. The summed E-state index contributed by atoms with van der Waals surface area (Å²) in [4.78, 5) is 23.4. The van der Waals surface area contributed by atoms with Crippen LogP contribution in [0.5, 0.6) is 5.75 Å². The quantitative estimate of drug-likeness (QED) is 0.272. The molecule has 25 heavy (non-hydrogen) atoms. The molecular weight excluding hydrogens is 340 g/mol. The van der Waals surface area contributed by atoms with Crippen LogP contribution in [0.3, 0.4) is 0 Å². The normalized spacial score (nSPS) is 10.5. The Labute approximate surface area is 155 Å². The molecule has 0 unspecified atom stereocenters. The summed E-state index contributed by atoms with van der Waals surface area (Å²) in [6.07, 6.45) is 8.21. The number of rotatable bonds is 12. The molecule has 0 aliphatic rings. The Morgan fingerprint density at radius 2 is 1.60 bits per heavy atom. The van der Waals surface area contributed by atoms with E-state index in [1.165, 1.54) is 32.1 Å². The van der Waals surface area contributed by atoms with E-state index >= 15 is 0 Å². The van der Waals surface area contributed by atoms with Gasteiger partial charge in [-0.25, -0.2) is 0 Å². The molecule has 5 heteroatoms. The smallest absolute Gasteiger partial charge is 0.311 e. The first-order valence-corrected chi connectivity index (χ1v) is 9.53. The average Bonchev–Trinajstić information content (AvgIpc) is 2.58. The number of esters is 2. The Balaban J connectivity index is 2.11. The standard InChI is InChI=1S/C20H29ClO4/c1-3-4-5-6-7-8-9-14-24-19(22)12-13-20(23)25-18-15-16(2)10-11-17(18)21/h10-11,15H,3-9,12-14H2,1-2H3. The first-order chi connectivity index (χ1) is 12.0. The average molecular weight is 369 g/mol. The lowest BCUT2D eigenvalue weighted by molar-refractivity contribution is -0.147. The van der Waals surface area contributed by atoms with Gasteiger partial charge in [-0.15, -0.1) is 0 Å². The topological polar surface area (TPSA) is 52.6 Å². The Hall–Kier alpha value is -1.55. The lowest BCUT2D eigenvalue weighted by atomic mass is 10.1. The Morgan fingerprint density at radius 1 is 0.960 bits per heavy atom. The molecule has 0 saturated carbocycles. The van der Waals surface area contributed by atoms with E-state index in [0.717, 1.165) is 18.4 Å². The van der Waals surface area contributed by atoms with Gasteiger partial charge in [0.1, 0.15) is 5.75 Å². The van der Waals surface area contributed by atoms with Gasteiger partial charge in [0.2, 0.25) is 0 Å². The van der Waals surface area contributed by atoms with Gasteiger partial charge in [0.25, 0.3) is 0 Å². The molecule has 1 rings (SSSR count). The van der Waals surface area contributed by atoms with Crippen LogP contribution in [0.1, 0.15) is 70.3 Å². The molecule has 0 N–H and O–H groups in total. The van der Waals surface area contributed by atoms with Crippen LogP contribution in [0.25, 0.3) is 0 Å². The van der Waals surface area contributed by atoms with Crippen LogP contribution in [0.15, 0.2) is 18.2 Å². The van der Waals surface area contributed by atoms with Crippen molar-refractivity contribution in [3.63, 3.8) is 0 Å². The van der Waals surface area contributed by atoms with Crippen LogP contribution in [0.4, 0.5) is 0 Å². The molecule has 0 fully saturated rings. The van der Waals surface area contributed by atoms with Crippen LogP contribution >= 0.6 is 11.6 Å².